The number of allylic oxidation sites excluding steroid dienone is 1. The molecule has 0 amide bonds. The van der Waals surface area contributed by atoms with E-state index in [9.17, 15) is 4.79 Å². The van der Waals surface area contributed by atoms with Crippen LogP contribution in [0.5, 0.6) is 0 Å². The second-order valence-electron chi connectivity index (χ2n) is 3.97. The molecule has 1 aromatic heterocycles. The van der Waals surface area contributed by atoms with E-state index in [1.807, 2.05) is 18.2 Å². The molecule has 2 aromatic rings. The summed E-state index contributed by atoms with van der Waals surface area (Å²) >= 11 is 0. The number of Topliss-reactive ketones (excluding diaryl/α,β-unsaturated/α-hetero) is 1. The number of hydrogen-bond donors (Lipinski definition) is 2. The summed E-state index contributed by atoms with van der Waals surface area (Å²) in [6.07, 6.45) is 3.35. The minimum atomic E-state index is -0.0518. The molecular weight excluding hydrogens is 226 g/mol. The number of aromatic amines is 1. The number of carbonyl (C=O) groups is 1. The molecule has 3 rings (SSSR count). The minimum absolute atomic E-state index is 0.0518. The smallest absolute Gasteiger partial charge is 0.211 e. The van der Waals surface area contributed by atoms with Crippen LogP contribution in [0.25, 0.3) is 6.08 Å². The molecule has 4 heteroatoms. The van der Waals surface area contributed by atoms with Gasteiger partial charge in [0, 0.05) is 17.4 Å². The molecule has 0 atom stereocenters. The molecule has 2 N–H and O–H groups in total. The van der Waals surface area contributed by atoms with Crippen molar-refractivity contribution in [2.75, 3.05) is 5.32 Å². The van der Waals surface area contributed by atoms with Crippen molar-refractivity contribution in [3.63, 3.8) is 0 Å². The number of carbonyl (C=O) groups excluding carboxylic acids is 1. The van der Waals surface area contributed by atoms with E-state index in [4.69, 9.17) is 5.26 Å². The fourth-order valence-corrected chi connectivity index (χ4v) is 1.98. The Morgan fingerprint density at radius 1 is 1.22 bits per heavy atom. The third-order valence-corrected chi connectivity index (χ3v) is 2.87. The molecular formula is C14H9N3O. The molecule has 0 fully saturated rings. The quantitative estimate of drug-likeness (QED) is 0.746. The normalized spacial score (nSPS) is 15.3. The molecule has 0 saturated carbocycles. The van der Waals surface area contributed by atoms with Crippen molar-refractivity contribution in [3.8, 4) is 6.07 Å². The molecule has 1 aliphatic rings. The fourth-order valence-electron chi connectivity index (χ4n) is 1.98. The number of hydrogen-bond acceptors (Lipinski definition) is 3. The maximum atomic E-state index is 12.1. The van der Waals surface area contributed by atoms with E-state index < -0.39 is 0 Å². The number of ketones is 1. The summed E-state index contributed by atoms with van der Waals surface area (Å²) in [5, 5.41) is 12.0. The number of benzene rings is 1. The fraction of sp³-hybridized carbons (Fsp3) is 0. The molecule has 0 radical (unpaired) electrons. The number of para-hydroxylation sites is 1. The number of nitrogens with zero attached hydrogens (tertiary/aromatic N) is 1. The van der Waals surface area contributed by atoms with Gasteiger partial charge in [0.2, 0.25) is 5.78 Å². The third kappa shape index (κ3) is 1.50. The van der Waals surface area contributed by atoms with Crippen LogP contribution < -0.4 is 5.32 Å². The Hall–Kier alpha value is -2.80. The van der Waals surface area contributed by atoms with Crippen LogP contribution in [-0.4, -0.2) is 10.8 Å². The molecule has 1 aromatic carbocycles. The number of fused-ring (bicyclic) bond motifs is 1. The highest BCUT2D eigenvalue weighted by Crippen LogP contribution is 2.28. The molecule has 0 aliphatic carbocycles. The first-order valence-electron chi connectivity index (χ1n) is 5.49. The highest BCUT2D eigenvalue weighted by atomic mass is 16.1. The predicted molar refractivity (Wildman–Crippen MR) is 67.9 cm³/mol. The van der Waals surface area contributed by atoms with Gasteiger partial charge in [0.15, 0.2) is 0 Å². The molecule has 0 bridgehead atoms. The lowest BCUT2D eigenvalue weighted by Crippen LogP contribution is -2.00. The predicted octanol–water partition coefficient (Wildman–Crippen LogP) is 2.54. The van der Waals surface area contributed by atoms with Gasteiger partial charge in [-0.05, 0) is 24.3 Å². The zero-order valence-electron chi connectivity index (χ0n) is 9.40. The first-order chi connectivity index (χ1) is 8.79. The topological polar surface area (TPSA) is 68.7 Å². The van der Waals surface area contributed by atoms with Gasteiger partial charge in [-0.2, -0.15) is 5.26 Å². The molecule has 4 nitrogen and oxygen atoms in total. The van der Waals surface area contributed by atoms with Crippen LogP contribution >= 0.6 is 0 Å². The van der Waals surface area contributed by atoms with Gasteiger partial charge >= 0.3 is 0 Å². The lowest BCUT2D eigenvalue weighted by atomic mass is 10.1. The van der Waals surface area contributed by atoms with Crippen LogP contribution in [0.1, 0.15) is 21.6 Å². The van der Waals surface area contributed by atoms with Crippen molar-refractivity contribution < 1.29 is 4.79 Å². The van der Waals surface area contributed by atoms with Crippen molar-refractivity contribution in [1.29, 1.82) is 5.26 Å². The lowest BCUT2D eigenvalue weighted by Gasteiger charge is -1.97. The minimum Gasteiger partial charge on any atom is -0.361 e. The molecule has 1 aliphatic heterocycles. The largest absolute Gasteiger partial charge is 0.361 e. The average molecular weight is 235 g/mol. The first kappa shape index (κ1) is 10.4. The number of anilines is 1. The monoisotopic (exact) mass is 235 g/mol. The Morgan fingerprint density at radius 3 is 2.83 bits per heavy atom. The van der Waals surface area contributed by atoms with E-state index in [2.05, 4.69) is 16.4 Å². The van der Waals surface area contributed by atoms with Gasteiger partial charge in [0.1, 0.15) is 6.07 Å². The van der Waals surface area contributed by atoms with E-state index >= 15 is 0 Å². The average Bonchev–Trinajstić information content (AvgIpc) is 2.96. The number of aromatic nitrogens is 1. The third-order valence-electron chi connectivity index (χ3n) is 2.87. The van der Waals surface area contributed by atoms with Crippen LogP contribution in [0.2, 0.25) is 0 Å². The van der Waals surface area contributed by atoms with Gasteiger partial charge in [-0.3, -0.25) is 4.79 Å². The van der Waals surface area contributed by atoms with Crippen LogP contribution in [0.4, 0.5) is 5.69 Å². The van der Waals surface area contributed by atoms with E-state index in [0.29, 0.717) is 22.5 Å². The number of nitrogens with one attached hydrogen (secondary N) is 2. The summed E-state index contributed by atoms with van der Waals surface area (Å²) in [6, 6.07) is 11.1. The van der Waals surface area contributed by atoms with Gasteiger partial charge in [0.25, 0.3) is 0 Å². The lowest BCUT2D eigenvalue weighted by molar-refractivity contribution is 0.104. The van der Waals surface area contributed by atoms with E-state index in [1.165, 1.54) is 0 Å². The highest BCUT2D eigenvalue weighted by molar-refractivity contribution is 6.20. The highest BCUT2D eigenvalue weighted by Gasteiger charge is 2.23. The van der Waals surface area contributed by atoms with Crippen molar-refractivity contribution in [1.82, 2.24) is 4.98 Å². The van der Waals surface area contributed by atoms with Crippen molar-refractivity contribution in [3.05, 3.63) is 59.0 Å². The summed E-state index contributed by atoms with van der Waals surface area (Å²) in [4.78, 5) is 15.0. The van der Waals surface area contributed by atoms with E-state index in [0.717, 1.165) is 5.69 Å². The molecule has 18 heavy (non-hydrogen) atoms. The van der Waals surface area contributed by atoms with E-state index in [-0.39, 0.29) is 5.78 Å². The number of H-pyrrole nitrogens is 1. The molecule has 0 spiro atoms. The van der Waals surface area contributed by atoms with Crippen molar-refractivity contribution in [2.45, 2.75) is 0 Å². The summed E-state index contributed by atoms with van der Waals surface area (Å²) in [6.45, 7) is 0. The second-order valence-corrected chi connectivity index (χ2v) is 3.97. The number of nitriles is 1. The standard InChI is InChI=1S/C14H9N3O/c15-8-9-5-6-16-12(9)7-13-14(18)10-3-1-2-4-11(10)17-13/h1-7,16-17H. The molecule has 2 heterocycles. The molecule has 86 valence electrons. The van der Waals surface area contributed by atoms with Gasteiger partial charge in [-0.25, -0.2) is 0 Å². The van der Waals surface area contributed by atoms with Gasteiger partial charge in [-0.1, -0.05) is 12.1 Å². The maximum Gasteiger partial charge on any atom is 0.211 e. The Labute approximate surface area is 104 Å². The van der Waals surface area contributed by atoms with Crippen LogP contribution in [0.3, 0.4) is 0 Å². The Kier molecular flexibility index (Phi) is 2.24. The summed E-state index contributed by atoms with van der Waals surface area (Å²) in [7, 11) is 0. The maximum absolute atomic E-state index is 12.1. The van der Waals surface area contributed by atoms with E-state index in [1.54, 1.807) is 24.4 Å². The number of rotatable bonds is 1. The van der Waals surface area contributed by atoms with Gasteiger partial charge < -0.3 is 10.3 Å². The summed E-state index contributed by atoms with van der Waals surface area (Å²) in [5.41, 5.74) is 3.11. The van der Waals surface area contributed by atoms with Gasteiger partial charge in [-0.15, -0.1) is 0 Å². The summed E-state index contributed by atoms with van der Waals surface area (Å²) < 4.78 is 0. The van der Waals surface area contributed by atoms with Crippen LogP contribution in [-0.2, 0) is 0 Å². The SMILES string of the molecule is N#Cc1cc[nH]c1C=C1Nc2ccccc2C1=O. The van der Waals surface area contributed by atoms with Crippen LogP contribution in [0.15, 0.2) is 42.2 Å². The second kappa shape index (κ2) is 3.90. The van der Waals surface area contributed by atoms with Crippen molar-refractivity contribution in [2.24, 2.45) is 0 Å². The molecule has 0 saturated heterocycles. The zero-order valence-corrected chi connectivity index (χ0v) is 9.40. The Morgan fingerprint density at radius 2 is 2.06 bits per heavy atom. The Bertz CT molecular complexity index is 704. The van der Waals surface area contributed by atoms with Crippen LogP contribution in [0, 0.1) is 11.3 Å². The van der Waals surface area contributed by atoms with Gasteiger partial charge in [0.05, 0.1) is 17.0 Å². The molecule has 0 unspecified atom stereocenters. The van der Waals surface area contributed by atoms with Crippen molar-refractivity contribution >= 4 is 17.5 Å². The first-order valence-corrected chi connectivity index (χ1v) is 5.49. The zero-order chi connectivity index (χ0) is 12.5. The summed E-state index contributed by atoms with van der Waals surface area (Å²) in [5.74, 6) is -0.0518. The Balaban J connectivity index is 2.03.